The molecule has 3 rings (SSSR count). The van der Waals surface area contributed by atoms with Gasteiger partial charge in [-0.05, 0) is 24.3 Å². The largest absolute Gasteiger partial charge is 0.438 e. The van der Waals surface area contributed by atoms with Crippen molar-refractivity contribution in [1.29, 1.82) is 0 Å². The predicted molar refractivity (Wildman–Crippen MR) is 97.4 cm³/mol. The van der Waals surface area contributed by atoms with Gasteiger partial charge in [0.2, 0.25) is 5.89 Å². The van der Waals surface area contributed by atoms with E-state index in [1.807, 2.05) is 30.3 Å². The molecule has 0 spiro atoms. The molecule has 140 valence electrons. The fraction of sp³-hybridized carbons (Fsp3) is 0.111. The molecule has 0 aliphatic carbocycles. The van der Waals surface area contributed by atoms with Crippen LogP contribution >= 0.6 is 0 Å². The van der Waals surface area contributed by atoms with Gasteiger partial charge in [0.05, 0.1) is 4.90 Å². The van der Waals surface area contributed by atoms with Crippen LogP contribution in [0.15, 0.2) is 63.9 Å². The second kappa shape index (κ2) is 7.22. The van der Waals surface area contributed by atoms with Crippen LogP contribution in [0.1, 0.15) is 5.89 Å². The topological polar surface area (TPSA) is 127 Å². The fourth-order valence-corrected chi connectivity index (χ4v) is 3.11. The summed E-state index contributed by atoms with van der Waals surface area (Å²) in [7, 11) is -3.32. The van der Waals surface area contributed by atoms with Crippen LogP contribution in [0.4, 0.5) is 4.79 Å². The maximum Gasteiger partial charge on any atom is 0.339 e. The Balaban J connectivity index is 2.07. The molecule has 0 radical (unpaired) electrons. The van der Waals surface area contributed by atoms with Crippen molar-refractivity contribution in [3.8, 4) is 22.6 Å². The Morgan fingerprint density at radius 3 is 2.30 bits per heavy atom. The van der Waals surface area contributed by atoms with E-state index in [1.54, 1.807) is 12.1 Å². The molecule has 0 fully saturated rings. The van der Waals surface area contributed by atoms with Crippen molar-refractivity contribution < 1.29 is 22.8 Å². The van der Waals surface area contributed by atoms with Gasteiger partial charge < -0.3 is 10.2 Å². The second-order valence-electron chi connectivity index (χ2n) is 5.84. The lowest BCUT2D eigenvalue weighted by Crippen LogP contribution is -2.32. The highest BCUT2D eigenvalue weighted by molar-refractivity contribution is 7.90. The molecule has 8 nitrogen and oxygen atoms in total. The van der Waals surface area contributed by atoms with E-state index >= 15 is 0 Å². The molecular weight excluding hydrogens is 370 g/mol. The zero-order valence-electron chi connectivity index (χ0n) is 14.4. The van der Waals surface area contributed by atoms with Crippen LogP contribution in [0, 0.1) is 0 Å². The summed E-state index contributed by atoms with van der Waals surface area (Å²) >= 11 is 0. The molecule has 0 saturated heterocycles. The van der Waals surface area contributed by atoms with Gasteiger partial charge in [-0.1, -0.05) is 30.3 Å². The first kappa shape index (κ1) is 18.6. The van der Waals surface area contributed by atoms with Gasteiger partial charge in [0.15, 0.2) is 15.6 Å². The lowest BCUT2D eigenvalue weighted by atomic mass is 10.1. The molecule has 1 heterocycles. The molecule has 0 atom stereocenters. The number of carbonyl (C=O) groups is 1. The number of benzene rings is 2. The van der Waals surface area contributed by atoms with E-state index in [0.717, 1.165) is 11.8 Å². The lowest BCUT2D eigenvalue weighted by Gasteiger charge is -2.08. The number of carbonyl (C=O) groups excluding carboxylic acids is 1. The molecule has 9 heteroatoms. The highest BCUT2D eigenvalue weighted by Gasteiger charge is 2.20. The number of hydrogen-bond acceptors (Lipinski definition) is 6. The van der Waals surface area contributed by atoms with Crippen LogP contribution in [0.5, 0.6) is 0 Å². The van der Waals surface area contributed by atoms with Crippen LogP contribution in [-0.2, 0) is 16.4 Å². The van der Waals surface area contributed by atoms with Crippen LogP contribution in [-0.4, -0.2) is 36.0 Å². The van der Waals surface area contributed by atoms with E-state index in [9.17, 15) is 18.4 Å². The van der Waals surface area contributed by atoms with Crippen LogP contribution in [0.25, 0.3) is 22.6 Å². The summed E-state index contributed by atoms with van der Waals surface area (Å²) in [4.78, 5) is 15.6. The standard InChI is InChI=1S/C18H17N3O5S/c1-27(24,25)14-9-7-13(8-10-14)17-16(12-5-3-2-4-6-12)20-15(26-17)11-21(23)18(19)22/h2-10,23H,11H2,1H3,(H2,19,22). The highest BCUT2D eigenvalue weighted by atomic mass is 32.2. The minimum absolute atomic E-state index is 0.0809. The molecule has 1 aromatic heterocycles. The van der Waals surface area contributed by atoms with Crippen molar-refractivity contribution in [2.45, 2.75) is 11.4 Å². The van der Waals surface area contributed by atoms with Gasteiger partial charge in [-0.25, -0.2) is 18.2 Å². The van der Waals surface area contributed by atoms with E-state index in [4.69, 9.17) is 10.2 Å². The summed E-state index contributed by atoms with van der Waals surface area (Å²) in [5.74, 6) is 0.464. The average Bonchev–Trinajstić information content (AvgIpc) is 3.05. The number of amides is 2. The van der Waals surface area contributed by atoms with Crippen molar-refractivity contribution in [1.82, 2.24) is 10.0 Å². The summed E-state index contributed by atoms with van der Waals surface area (Å²) in [5, 5.41) is 9.83. The van der Waals surface area contributed by atoms with Gasteiger partial charge in [0.25, 0.3) is 0 Å². The minimum atomic E-state index is -3.32. The fourth-order valence-electron chi connectivity index (χ4n) is 2.48. The van der Waals surface area contributed by atoms with E-state index in [0.29, 0.717) is 17.0 Å². The molecule has 2 aromatic carbocycles. The van der Waals surface area contributed by atoms with Crippen LogP contribution in [0.2, 0.25) is 0 Å². The van der Waals surface area contributed by atoms with Gasteiger partial charge in [0.1, 0.15) is 12.2 Å². The van der Waals surface area contributed by atoms with Gasteiger partial charge in [-0.3, -0.25) is 5.21 Å². The zero-order chi connectivity index (χ0) is 19.6. The van der Waals surface area contributed by atoms with Gasteiger partial charge in [-0.15, -0.1) is 0 Å². The molecule has 0 saturated carbocycles. The van der Waals surface area contributed by atoms with E-state index in [2.05, 4.69) is 4.98 Å². The highest BCUT2D eigenvalue weighted by Crippen LogP contribution is 2.33. The maximum atomic E-state index is 11.6. The molecule has 0 unspecified atom stereocenters. The first-order chi connectivity index (χ1) is 12.8. The number of nitrogens with zero attached hydrogens (tertiary/aromatic N) is 2. The lowest BCUT2D eigenvalue weighted by molar-refractivity contribution is -0.0523. The Kier molecular flexibility index (Phi) is 4.98. The molecular formula is C18H17N3O5S. The van der Waals surface area contributed by atoms with Gasteiger partial charge in [0, 0.05) is 17.4 Å². The molecule has 0 aliphatic heterocycles. The molecule has 3 N–H and O–H groups in total. The molecule has 27 heavy (non-hydrogen) atoms. The Bertz CT molecular complexity index is 1060. The average molecular weight is 387 g/mol. The van der Waals surface area contributed by atoms with Crippen molar-refractivity contribution in [3.63, 3.8) is 0 Å². The monoisotopic (exact) mass is 387 g/mol. The number of sulfone groups is 1. The number of oxazole rings is 1. The smallest absolute Gasteiger partial charge is 0.339 e. The number of primary amides is 1. The van der Waals surface area contributed by atoms with Crippen LogP contribution in [0.3, 0.4) is 0 Å². The summed E-state index contributed by atoms with van der Waals surface area (Å²) in [6.07, 6.45) is 1.13. The van der Waals surface area contributed by atoms with Crippen LogP contribution < -0.4 is 5.73 Å². The molecule has 0 bridgehead atoms. The molecule has 3 aromatic rings. The van der Waals surface area contributed by atoms with Gasteiger partial charge in [-0.2, -0.15) is 5.06 Å². The normalized spacial score (nSPS) is 11.3. The minimum Gasteiger partial charge on any atom is -0.438 e. The second-order valence-corrected chi connectivity index (χ2v) is 7.86. The number of hydrogen-bond donors (Lipinski definition) is 2. The predicted octanol–water partition coefficient (Wildman–Crippen LogP) is 2.68. The third-order valence-corrected chi connectivity index (χ3v) is 4.93. The molecule has 2 amide bonds. The Morgan fingerprint density at radius 1 is 1.11 bits per heavy atom. The third kappa shape index (κ3) is 4.15. The van der Waals surface area contributed by atoms with Crippen molar-refractivity contribution in [2.75, 3.05) is 6.26 Å². The number of urea groups is 1. The molecule has 0 aliphatic rings. The van der Waals surface area contributed by atoms with Crippen molar-refractivity contribution in [3.05, 3.63) is 60.5 Å². The number of nitrogens with two attached hydrogens (primary N) is 1. The van der Waals surface area contributed by atoms with E-state index in [-0.39, 0.29) is 22.4 Å². The van der Waals surface area contributed by atoms with Crippen molar-refractivity contribution >= 4 is 15.9 Å². The zero-order valence-corrected chi connectivity index (χ0v) is 15.2. The SMILES string of the molecule is CS(=O)(=O)c1ccc(-c2oc(CN(O)C(N)=O)nc2-c2ccccc2)cc1. The Morgan fingerprint density at radius 2 is 1.74 bits per heavy atom. The quantitative estimate of drug-likeness (QED) is 0.512. The summed E-state index contributed by atoms with van der Waals surface area (Å²) < 4.78 is 29.0. The van der Waals surface area contributed by atoms with E-state index in [1.165, 1.54) is 12.1 Å². The summed E-state index contributed by atoms with van der Waals surface area (Å²) in [6.45, 7) is -0.323. The Hall–Kier alpha value is -3.17. The van der Waals surface area contributed by atoms with E-state index < -0.39 is 15.9 Å². The maximum absolute atomic E-state index is 11.6. The van der Waals surface area contributed by atoms with Gasteiger partial charge >= 0.3 is 6.03 Å². The third-order valence-electron chi connectivity index (χ3n) is 3.80. The summed E-state index contributed by atoms with van der Waals surface area (Å²) in [6, 6.07) is 14.3. The summed E-state index contributed by atoms with van der Waals surface area (Å²) in [5.41, 5.74) is 6.88. The Labute approximate surface area is 155 Å². The first-order valence-electron chi connectivity index (χ1n) is 7.87. The van der Waals surface area contributed by atoms with Crippen molar-refractivity contribution in [2.24, 2.45) is 5.73 Å². The number of aromatic nitrogens is 1. The number of rotatable bonds is 5. The number of hydroxylamine groups is 2. The first-order valence-corrected chi connectivity index (χ1v) is 9.76.